The molecule has 1 heterocycles. The van der Waals surface area contributed by atoms with Crippen molar-refractivity contribution in [3.05, 3.63) is 78.6 Å². The molecule has 2 aromatic carbocycles. The summed E-state index contributed by atoms with van der Waals surface area (Å²) in [5.74, 6) is -0.418. The Morgan fingerprint density at radius 2 is 1.67 bits per heavy atom. The van der Waals surface area contributed by atoms with E-state index in [1.807, 2.05) is 71.7 Å². The first-order valence-corrected chi connectivity index (χ1v) is 9.72. The highest BCUT2D eigenvalue weighted by Crippen LogP contribution is 2.24. The average Bonchev–Trinajstić information content (AvgIpc) is 3.22. The van der Waals surface area contributed by atoms with E-state index in [-0.39, 0.29) is 18.4 Å². The van der Waals surface area contributed by atoms with Gasteiger partial charge in [0.2, 0.25) is 5.91 Å². The third-order valence-corrected chi connectivity index (χ3v) is 4.92. The summed E-state index contributed by atoms with van der Waals surface area (Å²) >= 11 is 1.56. The van der Waals surface area contributed by atoms with E-state index in [0.29, 0.717) is 5.56 Å². The molecule has 0 atom stereocenters. The summed E-state index contributed by atoms with van der Waals surface area (Å²) < 4.78 is 1.97. The number of nitrogens with zero attached hydrogens (tertiary/aromatic N) is 2. The quantitative estimate of drug-likeness (QED) is 0.661. The van der Waals surface area contributed by atoms with Crippen LogP contribution in [-0.2, 0) is 4.79 Å². The summed E-state index contributed by atoms with van der Waals surface area (Å²) in [4.78, 5) is 27.3. The zero-order valence-electron chi connectivity index (χ0n) is 15.3. The van der Waals surface area contributed by atoms with E-state index in [1.54, 1.807) is 30.9 Å². The van der Waals surface area contributed by atoms with E-state index in [4.69, 9.17) is 0 Å². The second-order valence-corrected chi connectivity index (χ2v) is 6.89. The topological polar surface area (TPSA) is 54.3 Å². The van der Waals surface area contributed by atoms with Gasteiger partial charge in [-0.3, -0.25) is 9.59 Å². The maximum absolute atomic E-state index is 12.6. The number of amides is 2. The Morgan fingerprint density at radius 1 is 1.00 bits per heavy atom. The molecule has 0 bridgehead atoms. The number of hydrogen-bond donors (Lipinski definition) is 1. The van der Waals surface area contributed by atoms with Gasteiger partial charge in [0.15, 0.2) is 0 Å². The molecule has 0 saturated carbocycles. The van der Waals surface area contributed by atoms with Gasteiger partial charge in [0.05, 0.1) is 12.2 Å². The number of carbonyl (C=O) groups excluding carboxylic acids is 2. The highest BCUT2D eigenvalue weighted by molar-refractivity contribution is 7.98. The lowest BCUT2D eigenvalue weighted by atomic mass is 10.2. The zero-order chi connectivity index (χ0) is 19.2. The third kappa shape index (κ3) is 4.60. The molecule has 0 radical (unpaired) electrons. The number of likely N-dealkylation sites (N-methyl/N-ethyl adjacent to an activating group) is 1. The minimum Gasteiger partial charge on any atom is -0.332 e. The Balaban J connectivity index is 1.62. The Kier molecular flexibility index (Phi) is 5.98. The van der Waals surface area contributed by atoms with Crippen LogP contribution < -0.4 is 5.32 Å². The largest absolute Gasteiger partial charge is 0.332 e. The second-order valence-electron chi connectivity index (χ2n) is 6.05. The summed E-state index contributed by atoms with van der Waals surface area (Å²) in [6.07, 6.45) is 5.84. The molecule has 2 amide bonds. The average molecular weight is 379 g/mol. The highest BCUT2D eigenvalue weighted by atomic mass is 32.2. The molecule has 138 valence electrons. The van der Waals surface area contributed by atoms with E-state index in [9.17, 15) is 9.59 Å². The molecule has 6 heteroatoms. The van der Waals surface area contributed by atoms with Gasteiger partial charge in [-0.15, -0.1) is 11.8 Å². The van der Waals surface area contributed by atoms with Crippen molar-refractivity contribution in [1.29, 1.82) is 0 Å². The minimum atomic E-state index is -0.226. The van der Waals surface area contributed by atoms with E-state index >= 15 is 0 Å². The van der Waals surface area contributed by atoms with Crippen LogP contribution in [0.5, 0.6) is 0 Å². The summed E-state index contributed by atoms with van der Waals surface area (Å²) in [5, 5.41) is 2.87. The number of carbonyl (C=O) groups is 2. The monoisotopic (exact) mass is 379 g/mol. The Morgan fingerprint density at radius 3 is 2.33 bits per heavy atom. The van der Waals surface area contributed by atoms with Crippen LogP contribution in [0.15, 0.2) is 78.0 Å². The Bertz CT molecular complexity index is 921. The lowest BCUT2D eigenvalue weighted by molar-refractivity contribution is -0.116. The lowest BCUT2D eigenvalue weighted by Gasteiger charge is -2.18. The second kappa shape index (κ2) is 8.60. The van der Waals surface area contributed by atoms with Crippen LogP contribution in [0, 0.1) is 0 Å². The van der Waals surface area contributed by atoms with Crippen molar-refractivity contribution >= 4 is 29.3 Å². The minimum absolute atomic E-state index is 0.0130. The fraction of sp³-hybridized carbons (Fsp3) is 0.143. The molecule has 5 nitrogen and oxygen atoms in total. The van der Waals surface area contributed by atoms with Crippen molar-refractivity contribution in [2.45, 2.75) is 4.90 Å². The number of aromatic nitrogens is 1. The Labute approximate surface area is 163 Å². The number of para-hydroxylation sites is 1. The van der Waals surface area contributed by atoms with Crippen LogP contribution in [0.3, 0.4) is 0 Å². The molecule has 1 N–H and O–H groups in total. The van der Waals surface area contributed by atoms with Gasteiger partial charge in [-0.25, -0.2) is 0 Å². The third-order valence-electron chi connectivity index (χ3n) is 4.13. The van der Waals surface area contributed by atoms with Crippen LogP contribution in [-0.4, -0.2) is 41.1 Å². The molecule has 0 fully saturated rings. The van der Waals surface area contributed by atoms with E-state index < -0.39 is 0 Å². The molecule has 0 unspecified atom stereocenters. The predicted octanol–water partition coefficient (Wildman–Crippen LogP) is 3.91. The first-order chi connectivity index (χ1) is 13.1. The van der Waals surface area contributed by atoms with Crippen LogP contribution in [0.1, 0.15) is 10.4 Å². The molecule has 3 rings (SSSR count). The number of thioether (sulfide) groups is 1. The van der Waals surface area contributed by atoms with Gasteiger partial charge in [0, 0.05) is 35.6 Å². The van der Waals surface area contributed by atoms with Crippen molar-refractivity contribution < 1.29 is 9.59 Å². The molecule has 0 saturated heterocycles. The van der Waals surface area contributed by atoms with Crippen molar-refractivity contribution in [3.8, 4) is 5.69 Å². The fourth-order valence-electron chi connectivity index (χ4n) is 2.73. The standard InChI is InChI=1S/C21H21N3O2S/c1-23(15-20(25)22-18-7-3-4-8-19(18)27-2)21(26)16-9-11-17(12-10-16)24-13-5-6-14-24/h3-14H,15H2,1-2H3,(H,22,25). The molecule has 0 aliphatic carbocycles. The molecule has 0 aliphatic rings. The van der Waals surface area contributed by atoms with Gasteiger partial charge in [-0.05, 0) is 54.8 Å². The molecule has 0 spiro atoms. The normalized spacial score (nSPS) is 10.4. The van der Waals surface area contributed by atoms with Crippen LogP contribution >= 0.6 is 11.8 Å². The predicted molar refractivity (Wildman–Crippen MR) is 110 cm³/mol. The molecule has 0 aliphatic heterocycles. The number of hydrogen-bond acceptors (Lipinski definition) is 3. The maximum Gasteiger partial charge on any atom is 0.254 e. The van der Waals surface area contributed by atoms with Gasteiger partial charge in [0.25, 0.3) is 5.91 Å². The van der Waals surface area contributed by atoms with Gasteiger partial charge in [-0.2, -0.15) is 0 Å². The summed E-state index contributed by atoms with van der Waals surface area (Å²) in [6.45, 7) is -0.0130. The van der Waals surface area contributed by atoms with Crippen molar-refractivity contribution in [1.82, 2.24) is 9.47 Å². The number of nitrogens with one attached hydrogen (secondary N) is 1. The molecule has 3 aromatic rings. The van der Waals surface area contributed by atoms with E-state index in [1.165, 1.54) is 4.90 Å². The SMILES string of the molecule is CSc1ccccc1NC(=O)CN(C)C(=O)c1ccc(-n2cccc2)cc1. The highest BCUT2D eigenvalue weighted by Gasteiger charge is 2.16. The van der Waals surface area contributed by atoms with Gasteiger partial charge in [0.1, 0.15) is 0 Å². The summed E-state index contributed by atoms with van der Waals surface area (Å²) in [5.41, 5.74) is 2.28. The summed E-state index contributed by atoms with van der Waals surface area (Å²) in [6, 6.07) is 18.8. The number of anilines is 1. The fourth-order valence-corrected chi connectivity index (χ4v) is 3.28. The van der Waals surface area contributed by atoms with Crippen LogP contribution in [0.4, 0.5) is 5.69 Å². The first kappa shape index (κ1) is 18.8. The number of benzene rings is 2. The molecular weight excluding hydrogens is 358 g/mol. The van der Waals surface area contributed by atoms with Gasteiger partial charge >= 0.3 is 0 Å². The van der Waals surface area contributed by atoms with E-state index in [0.717, 1.165) is 16.3 Å². The van der Waals surface area contributed by atoms with Gasteiger partial charge < -0.3 is 14.8 Å². The summed E-state index contributed by atoms with van der Waals surface area (Å²) in [7, 11) is 1.63. The Hall–Kier alpha value is -2.99. The van der Waals surface area contributed by atoms with Crippen LogP contribution in [0.25, 0.3) is 5.69 Å². The lowest BCUT2D eigenvalue weighted by Crippen LogP contribution is -2.35. The molecular formula is C21H21N3O2S. The van der Waals surface area contributed by atoms with Crippen LogP contribution in [0.2, 0.25) is 0 Å². The maximum atomic E-state index is 12.6. The molecule has 27 heavy (non-hydrogen) atoms. The zero-order valence-corrected chi connectivity index (χ0v) is 16.1. The van der Waals surface area contributed by atoms with Crippen molar-refractivity contribution in [2.24, 2.45) is 0 Å². The van der Waals surface area contributed by atoms with Crippen molar-refractivity contribution in [2.75, 3.05) is 25.2 Å². The van der Waals surface area contributed by atoms with Gasteiger partial charge in [-0.1, -0.05) is 12.1 Å². The molecule has 1 aromatic heterocycles. The van der Waals surface area contributed by atoms with Crippen molar-refractivity contribution in [3.63, 3.8) is 0 Å². The van der Waals surface area contributed by atoms with E-state index in [2.05, 4.69) is 5.32 Å². The smallest absolute Gasteiger partial charge is 0.254 e. The first-order valence-electron chi connectivity index (χ1n) is 8.50. The number of rotatable bonds is 6.